The van der Waals surface area contributed by atoms with Gasteiger partial charge in [-0.25, -0.2) is 0 Å². The summed E-state index contributed by atoms with van der Waals surface area (Å²) in [5, 5.41) is 0. The zero-order valence-corrected chi connectivity index (χ0v) is 16.4. The quantitative estimate of drug-likeness (QED) is 0.701. The van der Waals surface area contributed by atoms with Crippen LogP contribution in [0.15, 0.2) is 42.5 Å². The lowest BCUT2D eigenvalue weighted by Gasteiger charge is -2.21. The van der Waals surface area contributed by atoms with E-state index in [1.54, 1.807) is 24.1 Å². The number of hydrogen-bond donors (Lipinski definition) is 0. The molecule has 150 valence electrons. The SMILES string of the molecule is COCCN1C(=O)c2ccc(C(=O)N(C)C[C@@H]3Cc4ccccc4O3)cc2C1=O. The Bertz CT molecular complexity index is 962. The predicted octanol–water partition coefficient (Wildman–Crippen LogP) is 2.00. The molecule has 29 heavy (non-hydrogen) atoms. The van der Waals surface area contributed by atoms with E-state index in [4.69, 9.17) is 9.47 Å². The number of amides is 3. The summed E-state index contributed by atoms with van der Waals surface area (Å²) in [7, 11) is 3.22. The molecule has 2 aliphatic heterocycles. The summed E-state index contributed by atoms with van der Waals surface area (Å²) < 4.78 is 10.9. The average Bonchev–Trinajstić information content (AvgIpc) is 3.24. The minimum Gasteiger partial charge on any atom is -0.488 e. The largest absolute Gasteiger partial charge is 0.488 e. The monoisotopic (exact) mass is 394 g/mol. The van der Waals surface area contributed by atoms with Gasteiger partial charge in [0.1, 0.15) is 11.9 Å². The van der Waals surface area contributed by atoms with Gasteiger partial charge in [-0.15, -0.1) is 0 Å². The molecular weight excluding hydrogens is 372 g/mol. The van der Waals surface area contributed by atoms with Crippen molar-refractivity contribution in [1.82, 2.24) is 9.80 Å². The van der Waals surface area contributed by atoms with Gasteiger partial charge >= 0.3 is 0 Å². The second kappa shape index (κ2) is 7.67. The van der Waals surface area contributed by atoms with E-state index in [0.717, 1.165) is 22.6 Å². The standard InChI is InChI=1S/C22H22N2O5/c1-23(13-16-11-14-5-3-4-6-19(14)29-16)20(25)15-7-8-17-18(12-15)22(27)24(21(17)26)9-10-28-2/h3-8,12,16H,9-11,13H2,1-2H3/t16-/m0/s1. The predicted molar refractivity (Wildman–Crippen MR) is 105 cm³/mol. The number of ether oxygens (including phenoxy) is 2. The van der Waals surface area contributed by atoms with Crippen LogP contribution < -0.4 is 4.74 Å². The van der Waals surface area contributed by atoms with Crippen LogP contribution in [-0.2, 0) is 11.2 Å². The molecule has 0 N–H and O–H groups in total. The summed E-state index contributed by atoms with van der Waals surface area (Å²) in [5.74, 6) is -0.112. The Morgan fingerprint density at radius 3 is 2.69 bits per heavy atom. The minimum atomic E-state index is -0.395. The normalized spacial score (nSPS) is 17.2. The molecule has 7 nitrogen and oxygen atoms in total. The lowest BCUT2D eigenvalue weighted by molar-refractivity contribution is 0.0603. The number of rotatable bonds is 6. The summed E-state index contributed by atoms with van der Waals surface area (Å²) in [6, 6.07) is 12.5. The Balaban J connectivity index is 1.46. The summed E-state index contributed by atoms with van der Waals surface area (Å²) in [5.41, 5.74) is 2.09. The average molecular weight is 394 g/mol. The van der Waals surface area contributed by atoms with E-state index in [1.165, 1.54) is 13.2 Å². The van der Waals surface area contributed by atoms with Crippen LogP contribution in [0.2, 0.25) is 0 Å². The Morgan fingerprint density at radius 1 is 1.17 bits per heavy atom. The minimum absolute atomic E-state index is 0.108. The van der Waals surface area contributed by atoms with Gasteiger partial charge in [0.25, 0.3) is 17.7 Å². The van der Waals surface area contributed by atoms with Gasteiger partial charge in [-0.1, -0.05) is 18.2 Å². The van der Waals surface area contributed by atoms with Crippen molar-refractivity contribution in [3.05, 3.63) is 64.7 Å². The number of fused-ring (bicyclic) bond motifs is 2. The molecule has 0 radical (unpaired) electrons. The van der Waals surface area contributed by atoms with Crippen molar-refractivity contribution in [2.45, 2.75) is 12.5 Å². The second-order valence-electron chi connectivity index (χ2n) is 7.25. The number of nitrogens with zero attached hydrogens (tertiary/aromatic N) is 2. The first-order valence-electron chi connectivity index (χ1n) is 9.49. The van der Waals surface area contributed by atoms with Crippen molar-refractivity contribution in [2.24, 2.45) is 0 Å². The highest BCUT2D eigenvalue weighted by Gasteiger charge is 2.36. The van der Waals surface area contributed by atoms with Crippen LogP contribution in [0.25, 0.3) is 0 Å². The Hall–Kier alpha value is -3.19. The second-order valence-corrected chi connectivity index (χ2v) is 7.25. The van der Waals surface area contributed by atoms with Crippen molar-refractivity contribution >= 4 is 17.7 Å². The van der Waals surface area contributed by atoms with Crippen molar-refractivity contribution in [1.29, 1.82) is 0 Å². The third-order valence-electron chi connectivity index (χ3n) is 5.27. The van der Waals surface area contributed by atoms with Gasteiger partial charge in [0.15, 0.2) is 0 Å². The number of para-hydroxylation sites is 1. The fourth-order valence-electron chi connectivity index (χ4n) is 3.77. The topological polar surface area (TPSA) is 76.2 Å². The van der Waals surface area contributed by atoms with Gasteiger partial charge in [0.2, 0.25) is 0 Å². The van der Waals surface area contributed by atoms with Gasteiger partial charge in [-0.2, -0.15) is 0 Å². The Labute approximate surface area is 168 Å². The van der Waals surface area contributed by atoms with Gasteiger partial charge in [0, 0.05) is 26.1 Å². The van der Waals surface area contributed by atoms with Gasteiger partial charge < -0.3 is 14.4 Å². The molecule has 2 aromatic rings. The summed E-state index contributed by atoms with van der Waals surface area (Å²) in [6.07, 6.45) is 0.642. The van der Waals surface area contributed by atoms with E-state index >= 15 is 0 Å². The number of carbonyl (C=O) groups excluding carboxylic acids is 3. The van der Waals surface area contributed by atoms with Crippen LogP contribution in [0.5, 0.6) is 5.75 Å². The van der Waals surface area contributed by atoms with E-state index in [2.05, 4.69) is 0 Å². The van der Waals surface area contributed by atoms with Crippen LogP contribution in [0.4, 0.5) is 0 Å². The summed E-state index contributed by atoms with van der Waals surface area (Å²) >= 11 is 0. The summed E-state index contributed by atoms with van der Waals surface area (Å²) in [6.45, 7) is 0.882. The number of methoxy groups -OCH3 is 1. The third-order valence-corrected chi connectivity index (χ3v) is 5.27. The Morgan fingerprint density at radius 2 is 1.93 bits per heavy atom. The molecule has 2 aliphatic rings. The van der Waals surface area contributed by atoms with Gasteiger partial charge in [0.05, 0.1) is 30.8 Å². The molecule has 0 saturated heterocycles. The fourth-order valence-corrected chi connectivity index (χ4v) is 3.77. The highest BCUT2D eigenvalue weighted by molar-refractivity contribution is 6.22. The van der Waals surface area contributed by atoms with Crippen LogP contribution in [0.3, 0.4) is 0 Å². The van der Waals surface area contributed by atoms with E-state index in [-0.39, 0.29) is 36.6 Å². The highest BCUT2D eigenvalue weighted by Crippen LogP contribution is 2.29. The summed E-state index contributed by atoms with van der Waals surface area (Å²) in [4.78, 5) is 40.6. The molecular formula is C22H22N2O5. The molecule has 7 heteroatoms. The van der Waals surface area contributed by atoms with Gasteiger partial charge in [-0.05, 0) is 29.8 Å². The van der Waals surface area contributed by atoms with E-state index in [1.807, 2.05) is 24.3 Å². The van der Waals surface area contributed by atoms with E-state index < -0.39 is 5.91 Å². The van der Waals surface area contributed by atoms with E-state index in [0.29, 0.717) is 17.7 Å². The number of benzene rings is 2. The molecule has 0 aromatic heterocycles. The van der Waals surface area contributed by atoms with Crippen molar-refractivity contribution < 1.29 is 23.9 Å². The number of carbonyl (C=O) groups is 3. The maximum Gasteiger partial charge on any atom is 0.261 e. The van der Waals surface area contributed by atoms with Crippen molar-refractivity contribution in [3.8, 4) is 5.75 Å². The Kier molecular flexibility index (Phi) is 5.07. The molecule has 1 atom stereocenters. The fraction of sp³-hybridized carbons (Fsp3) is 0.318. The first kappa shape index (κ1) is 19.1. The molecule has 0 bridgehead atoms. The first-order chi connectivity index (χ1) is 14.0. The van der Waals surface area contributed by atoms with Crippen LogP contribution in [-0.4, -0.2) is 67.5 Å². The molecule has 2 aromatic carbocycles. The van der Waals surface area contributed by atoms with Gasteiger partial charge in [-0.3, -0.25) is 19.3 Å². The lowest BCUT2D eigenvalue weighted by atomic mass is 10.0. The highest BCUT2D eigenvalue weighted by atomic mass is 16.5. The molecule has 3 amide bonds. The van der Waals surface area contributed by atoms with Crippen LogP contribution in [0, 0.1) is 0 Å². The molecule has 0 aliphatic carbocycles. The van der Waals surface area contributed by atoms with Crippen molar-refractivity contribution in [3.63, 3.8) is 0 Å². The molecule has 0 spiro atoms. The van der Waals surface area contributed by atoms with Crippen LogP contribution in [0.1, 0.15) is 36.6 Å². The smallest absolute Gasteiger partial charge is 0.261 e. The van der Waals surface area contributed by atoms with E-state index in [9.17, 15) is 14.4 Å². The molecule has 0 saturated carbocycles. The third kappa shape index (κ3) is 3.49. The maximum absolute atomic E-state index is 12.9. The zero-order chi connectivity index (χ0) is 20.5. The number of imide groups is 1. The molecule has 2 heterocycles. The molecule has 4 rings (SSSR count). The lowest BCUT2D eigenvalue weighted by Crippen LogP contribution is -2.36. The zero-order valence-electron chi connectivity index (χ0n) is 16.4. The van der Waals surface area contributed by atoms with Crippen molar-refractivity contribution in [2.75, 3.05) is 33.9 Å². The van der Waals surface area contributed by atoms with Crippen LogP contribution >= 0.6 is 0 Å². The molecule has 0 fully saturated rings. The number of likely N-dealkylation sites (N-methyl/N-ethyl adjacent to an activating group) is 1. The maximum atomic E-state index is 12.9. The molecule has 0 unspecified atom stereocenters. The number of hydrogen-bond acceptors (Lipinski definition) is 5. The first-order valence-corrected chi connectivity index (χ1v) is 9.49.